The molecule has 1 atom stereocenters. The monoisotopic (exact) mass is 442 g/mol. The number of H-pyrrole nitrogens is 1. The van der Waals surface area contributed by atoms with Crippen molar-refractivity contribution < 1.29 is 0 Å². The van der Waals surface area contributed by atoms with E-state index in [1.165, 1.54) is 12.7 Å². The fourth-order valence-electron chi connectivity index (χ4n) is 4.86. The van der Waals surface area contributed by atoms with Gasteiger partial charge in [0.1, 0.15) is 23.0 Å². The topological polar surface area (TPSA) is 114 Å². The van der Waals surface area contributed by atoms with Gasteiger partial charge >= 0.3 is 0 Å². The molecule has 1 aliphatic carbocycles. The minimum absolute atomic E-state index is 0.0980. The molecule has 0 aromatic carbocycles. The van der Waals surface area contributed by atoms with Gasteiger partial charge in [-0.2, -0.15) is 5.10 Å². The maximum Gasteiger partial charge on any atom is 0.282 e. The second-order valence-electron chi connectivity index (χ2n) is 8.38. The van der Waals surface area contributed by atoms with Gasteiger partial charge in [0.25, 0.3) is 11.1 Å². The van der Waals surface area contributed by atoms with Crippen LogP contribution in [0.25, 0.3) is 22.2 Å². The molecule has 10 nitrogen and oxygen atoms in total. The van der Waals surface area contributed by atoms with E-state index in [9.17, 15) is 9.59 Å². The molecule has 1 unspecified atom stereocenters. The Morgan fingerprint density at radius 1 is 1.15 bits per heavy atom. The number of rotatable bonds is 3. The summed E-state index contributed by atoms with van der Waals surface area (Å²) in [6.07, 6.45) is 14.2. The summed E-state index contributed by atoms with van der Waals surface area (Å²) in [7, 11) is 0. The Kier molecular flexibility index (Phi) is 4.46. The zero-order valence-corrected chi connectivity index (χ0v) is 18.1. The normalized spacial score (nSPS) is 18.4. The minimum Gasteiger partial charge on any atom is -0.345 e. The van der Waals surface area contributed by atoms with Gasteiger partial charge in [-0.05, 0) is 50.3 Å². The average molecular weight is 442 g/mol. The van der Waals surface area contributed by atoms with Crippen molar-refractivity contribution in [3.63, 3.8) is 0 Å². The summed E-state index contributed by atoms with van der Waals surface area (Å²) in [5.74, 6) is 1.14. The van der Waals surface area contributed by atoms with Gasteiger partial charge in [0.15, 0.2) is 11.5 Å². The van der Waals surface area contributed by atoms with Crippen molar-refractivity contribution in [2.24, 2.45) is 0 Å². The van der Waals surface area contributed by atoms with Crippen molar-refractivity contribution in [1.29, 1.82) is 0 Å². The van der Waals surface area contributed by atoms with E-state index >= 15 is 0 Å². The molecule has 1 saturated heterocycles. The standard InChI is InChI=1S/C23H22N8O2/c1-14-9-11-30-18(14)23(33)31(15-6-3-2-4-7-15)20(28-30)16-8-5-10-29(16)21-17-19(24-12-26-21)25-13-27-22(17)32/h3,6-7,9,11-13,16H,2,4-5,8,10H2,1H3,(H,24,25,26,27,32). The number of aryl methyl sites for hydroxylation is 1. The van der Waals surface area contributed by atoms with E-state index in [2.05, 4.69) is 37.0 Å². The van der Waals surface area contributed by atoms with E-state index in [0.29, 0.717) is 34.7 Å². The van der Waals surface area contributed by atoms with Gasteiger partial charge < -0.3 is 9.88 Å². The van der Waals surface area contributed by atoms with Crippen molar-refractivity contribution in [2.45, 2.75) is 38.6 Å². The molecule has 1 aliphatic heterocycles. The fourth-order valence-corrected chi connectivity index (χ4v) is 4.86. The Morgan fingerprint density at radius 2 is 2.06 bits per heavy atom. The third-order valence-corrected chi connectivity index (χ3v) is 6.39. The lowest BCUT2D eigenvalue weighted by atomic mass is 10.1. The summed E-state index contributed by atoms with van der Waals surface area (Å²) in [6, 6.07) is 1.66. The van der Waals surface area contributed by atoms with Crippen LogP contribution >= 0.6 is 0 Å². The molecule has 0 saturated carbocycles. The lowest BCUT2D eigenvalue weighted by molar-refractivity contribution is 0.605. The molecule has 10 heteroatoms. The van der Waals surface area contributed by atoms with Crippen LogP contribution in [0.2, 0.25) is 0 Å². The number of allylic oxidation sites excluding steroid dienone is 4. The maximum absolute atomic E-state index is 13.7. The average Bonchev–Trinajstić information content (AvgIpc) is 3.46. The fraction of sp³-hybridized carbons (Fsp3) is 0.304. The minimum atomic E-state index is -0.291. The molecule has 4 aromatic rings. The lowest BCUT2D eigenvalue weighted by Crippen LogP contribution is -2.34. The SMILES string of the molecule is Cc1ccn2nc(C3CCCN3c3ncnc4nc[nH]c(=O)c34)n(C3=CCCC=C3)c(=O)c12. The van der Waals surface area contributed by atoms with E-state index in [1.807, 2.05) is 25.3 Å². The first-order valence-corrected chi connectivity index (χ1v) is 11.1. The number of fused-ring (bicyclic) bond motifs is 2. The molecule has 1 fully saturated rings. The number of hydrogen-bond donors (Lipinski definition) is 1. The van der Waals surface area contributed by atoms with E-state index in [-0.39, 0.29) is 17.2 Å². The lowest BCUT2D eigenvalue weighted by Gasteiger charge is -2.28. The van der Waals surface area contributed by atoms with E-state index < -0.39 is 0 Å². The van der Waals surface area contributed by atoms with Crippen molar-refractivity contribution >= 4 is 28.1 Å². The summed E-state index contributed by atoms with van der Waals surface area (Å²) >= 11 is 0. The second-order valence-corrected chi connectivity index (χ2v) is 8.38. The summed E-state index contributed by atoms with van der Waals surface area (Å²) < 4.78 is 3.40. The quantitative estimate of drug-likeness (QED) is 0.518. The molecule has 0 radical (unpaired) electrons. The number of anilines is 1. The third-order valence-electron chi connectivity index (χ3n) is 6.39. The largest absolute Gasteiger partial charge is 0.345 e. The summed E-state index contributed by atoms with van der Waals surface area (Å²) in [6.45, 7) is 2.60. The van der Waals surface area contributed by atoms with Crippen molar-refractivity contribution in [3.05, 3.63) is 75.2 Å². The zero-order chi connectivity index (χ0) is 22.5. The summed E-state index contributed by atoms with van der Waals surface area (Å²) in [5.41, 5.74) is 2.23. The summed E-state index contributed by atoms with van der Waals surface area (Å²) in [5, 5.41) is 5.25. The van der Waals surface area contributed by atoms with Gasteiger partial charge in [-0.15, -0.1) is 0 Å². The number of nitrogens with one attached hydrogen (secondary N) is 1. The van der Waals surface area contributed by atoms with E-state index in [0.717, 1.165) is 36.9 Å². The first-order valence-electron chi connectivity index (χ1n) is 11.1. The van der Waals surface area contributed by atoms with E-state index in [4.69, 9.17) is 5.10 Å². The highest BCUT2D eigenvalue weighted by Crippen LogP contribution is 2.36. The zero-order valence-electron chi connectivity index (χ0n) is 18.1. The van der Waals surface area contributed by atoms with Crippen LogP contribution < -0.4 is 16.0 Å². The highest BCUT2D eigenvalue weighted by atomic mass is 16.1. The number of aromatic amines is 1. The number of hydrogen-bond acceptors (Lipinski definition) is 7. The summed E-state index contributed by atoms with van der Waals surface area (Å²) in [4.78, 5) is 43.9. The predicted molar refractivity (Wildman–Crippen MR) is 124 cm³/mol. The molecular weight excluding hydrogens is 420 g/mol. The van der Waals surface area contributed by atoms with Crippen LogP contribution in [-0.2, 0) is 0 Å². The van der Waals surface area contributed by atoms with Gasteiger partial charge in [0.05, 0.1) is 12.4 Å². The van der Waals surface area contributed by atoms with Crippen molar-refractivity contribution in [3.8, 4) is 0 Å². The van der Waals surface area contributed by atoms with E-state index in [1.54, 1.807) is 9.08 Å². The van der Waals surface area contributed by atoms with Crippen LogP contribution in [0.15, 0.2) is 52.7 Å². The Bertz CT molecular complexity index is 1570. The molecule has 4 aromatic heterocycles. The first kappa shape index (κ1) is 19.6. The van der Waals surface area contributed by atoms with Gasteiger partial charge in [-0.1, -0.05) is 12.2 Å². The Balaban J connectivity index is 1.59. The number of aromatic nitrogens is 7. The Hall–Kier alpha value is -4.08. The van der Waals surface area contributed by atoms with Gasteiger partial charge in [0, 0.05) is 18.4 Å². The molecule has 0 bridgehead atoms. The van der Waals surface area contributed by atoms with Crippen LogP contribution in [0.1, 0.15) is 43.1 Å². The first-order chi connectivity index (χ1) is 16.1. The molecule has 2 aliphatic rings. The highest BCUT2D eigenvalue weighted by molar-refractivity contribution is 5.86. The Morgan fingerprint density at radius 3 is 2.91 bits per heavy atom. The molecule has 0 amide bonds. The van der Waals surface area contributed by atoms with Gasteiger partial charge in [-0.3, -0.25) is 14.2 Å². The van der Waals surface area contributed by atoms with Crippen LogP contribution in [0.4, 0.5) is 5.82 Å². The number of nitrogens with zero attached hydrogens (tertiary/aromatic N) is 7. The van der Waals surface area contributed by atoms with Crippen LogP contribution in [0, 0.1) is 6.92 Å². The third kappa shape index (κ3) is 3.01. The smallest absolute Gasteiger partial charge is 0.282 e. The maximum atomic E-state index is 13.7. The molecule has 5 heterocycles. The highest BCUT2D eigenvalue weighted by Gasteiger charge is 2.34. The van der Waals surface area contributed by atoms with Crippen LogP contribution in [0.5, 0.6) is 0 Å². The van der Waals surface area contributed by atoms with Crippen LogP contribution in [0.3, 0.4) is 0 Å². The molecule has 166 valence electrons. The van der Waals surface area contributed by atoms with Gasteiger partial charge in [0.2, 0.25) is 0 Å². The molecule has 6 rings (SSSR count). The molecule has 33 heavy (non-hydrogen) atoms. The molecule has 1 N–H and O–H groups in total. The van der Waals surface area contributed by atoms with Crippen molar-refractivity contribution in [1.82, 2.24) is 34.1 Å². The van der Waals surface area contributed by atoms with Crippen LogP contribution in [-0.4, -0.2) is 40.7 Å². The van der Waals surface area contributed by atoms with Gasteiger partial charge in [-0.25, -0.2) is 19.5 Å². The predicted octanol–water partition coefficient (Wildman–Crippen LogP) is 2.36. The van der Waals surface area contributed by atoms with Crippen molar-refractivity contribution in [2.75, 3.05) is 11.4 Å². The molecule has 0 spiro atoms. The second kappa shape index (κ2) is 7.51. The molecular formula is C23H22N8O2. The Labute approximate surface area is 187 Å².